The van der Waals surface area contributed by atoms with Crippen molar-refractivity contribution >= 4 is 29.6 Å². The Morgan fingerprint density at radius 1 is 1.23 bits per heavy atom. The van der Waals surface area contributed by atoms with E-state index in [9.17, 15) is 14.0 Å². The lowest BCUT2D eigenvalue weighted by Gasteiger charge is -2.13. The average molecular weight is 378 g/mol. The smallest absolute Gasteiger partial charge is 0.331 e. The minimum Gasteiger partial charge on any atom is -0.454 e. The van der Waals surface area contributed by atoms with E-state index in [-0.39, 0.29) is 12.4 Å². The number of esters is 1. The van der Waals surface area contributed by atoms with Gasteiger partial charge in [0.05, 0.1) is 5.02 Å². The maximum Gasteiger partial charge on any atom is 0.331 e. The molecule has 0 spiro atoms. The summed E-state index contributed by atoms with van der Waals surface area (Å²) in [6.45, 7) is 0.0717. The van der Waals surface area contributed by atoms with Gasteiger partial charge in [-0.25, -0.2) is 9.18 Å². The second kappa shape index (κ2) is 7.45. The van der Waals surface area contributed by atoms with Gasteiger partial charge in [-0.15, -0.1) is 0 Å². The van der Waals surface area contributed by atoms with Crippen LogP contribution in [0.25, 0.3) is 6.08 Å². The van der Waals surface area contributed by atoms with Crippen molar-refractivity contribution in [1.82, 2.24) is 0 Å². The summed E-state index contributed by atoms with van der Waals surface area (Å²) in [5, 5.41) is 0.342. The largest absolute Gasteiger partial charge is 0.454 e. The lowest BCUT2D eigenvalue weighted by Crippen LogP contribution is -2.25. The number of amides is 1. The molecule has 1 unspecified atom stereocenters. The van der Waals surface area contributed by atoms with E-state index >= 15 is 0 Å². The van der Waals surface area contributed by atoms with Crippen molar-refractivity contribution in [2.75, 3.05) is 6.79 Å². The van der Waals surface area contributed by atoms with Gasteiger partial charge < -0.3 is 19.9 Å². The first-order valence-electron chi connectivity index (χ1n) is 7.46. The van der Waals surface area contributed by atoms with Crippen LogP contribution in [0.3, 0.4) is 0 Å². The molecule has 0 saturated carbocycles. The number of ether oxygens (including phenoxy) is 3. The van der Waals surface area contributed by atoms with Crippen LogP contribution in [-0.4, -0.2) is 18.7 Å². The average Bonchev–Trinajstić information content (AvgIpc) is 3.08. The fourth-order valence-electron chi connectivity index (χ4n) is 2.33. The zero-order valence-corrected chi connectivity index (χ0v) is 14.0. The van der Waals surface area contributed by atoms with Crippen LogP contribution in [0.4, 0.5) is 4.39 Å². The van der Waals surface area contributed by atoms with E-state index in [0.29, 0.717) is 22.1 Å². The minimum absolute atomic E-state index is 0.0717. The van der Waals surface area contributed by atoms with Crippen molar-refractivity contribution in [3.05, 3.63) is 64.4 Å². The number of fused-ring (bicyclic) bond motifs is 1. The summed E-state index contributed by atoms with van der Waals surface area (Å²) in [6, 6.07) is 8.15. The molecule has 26 heavy (non-hydrogen) atoms. The van der Waals surface area contributed by atoms with E-state index in [1.54, 1.807) is 12.1 Å². The second-order valence-electron chi connectivity index (χ2n) is 5.34. The van der Waals surface area contributed by atoms with E-state index < -0.39 is 23.8 Å². The van der Waals surface area contributed by atoms with Gasteiger partial charge in [0.1, 0.15) is 5.82 Å². The molecule has 2 aromatic carbocycles. The molecule has 8 heteroatoms. The lowest BCUT2D eigenvalue weighted by atomic mass is 10.1. The van der Waals surface area contributed by atoms with Gasteiger partial charge in [0.15, 0.2) is 11.5 Å². The van der Waals surface area contributed by atoms with Crippen LogP contribution in [-0.2, 0) is 14.3 Å². The van der Waals surface area contributed by atoms with Crippen LogP contribution < -0.4 is 15.2 Å². The minimum atomic E-state index is -1.33. The highest BCUT2D eigenvalue weighted by molar-refractivity contribution is 6.32. The molecule has 6 nitrogen and oxygen atoms in total. The molecule has 2 N–H and O–H groups in total. The van der Waals surface area contributed by atoms with E-state index in [0.717, 1.165) is 18.2 Å². The Kier molecular flexibility index (Phi) is 5.09. The van der Waals surface area contributed by atoms with Gasteiger partial charge in [-0.1, -0.05) is 23.7 Å². The molecule has 0 aliphatic carbocycles. The Bertz CT molecular complexity index is 882. The Morgan fingerprint density at radius 3 is 2.65 bits per heavy atom. The van der Waals surface area contributed by atoms with Crippen molar-refractivity contribution in [3.8, 4) is 11.5 Å². The first-order chi connectivity index (χ1) is 12.4. The summed E-state index contributed by atoms with van der Waals surface area (Å²) in [4.78, 5) is 23.6. The van der Waals surface area contributed by atoms with Crippen molar-refractivity contribution in [1.29, 1.82) is 0 Å². The third-order valence-electron chi connectivity index (χ3n) is 3.53. The van der Waals surface area contributed by atoms with Crippen molar-refractivity contribution in [2.24, 2.45) is 5.73 Å². The first kappa shape index (κ1) is 17.8. The Hall–Kier alpha value is -3.06. The highest BCUT2D eigenvalue weighted by atomic mass is 35.5. The van der Waals surface area contributed by atoms with Crippen molar-refractivity contribution in [2.45, 2.75) is 6.10 Å². The van der Waals surface area contributed by atoms with Gasteiger partial charge in [-0.2, -0.15) is 0 Å². The highest BCUT2D eigenvalue weighted by Gasteiger charge is 2.22. The molecule has 1 aliphatic heterocycles. The lowest BCUT2D eigenvalue weighted by molar-refractivity contribution is -0.150. The molecule has 1 heterocycles. The van der Waals surface area contributed by atoms with Crippen LogP contribution in [0.5, 0.6) is 11.5 Å². The quantitative estimate of drug-likeness (QED) is 0.639. The predicted octanol–water partition coefficient (Wildman–Crippen LogP) is 2.99. The third-order valence-corrected chi connectivity index (χ3v) is 3.81. The molecular formula is C18H13ClFNO5. The summed E-state index contributed by atoms with van der Waals surface area (Å²) in [7, 11) is 0. The van der Waals surface area contributed by atoms with Crippen molar-refractivity contribution < 1.29 is 28.2 Å². The molecule has 0 bridgehead atoms. The Morgan fingerprint density at radius 2 is 1.96 bits per heavy atom. The van der Waals surface area contributed by atoms with E-state index in [1.165, 1.54) is 18.2 Å². The molecule has 1 aliphatic rings. The second-order valence-corrected chi connectivity index (χ2v) is 5.75. The van der Waals surface area contributed by atoms with Gasteiger partial charge in [-0.3, -0.25) is 4.79 Å². The zero-order valence-electron chi connectivity index (χ0n) is 13.3. The summed E-state index contributed by atoms with van der Waals surface area (Å²) >= 11 is 6.06. The number of rotatable bonds is 5. The predicted molar refractivity (Wildman–Crippen MR) is 91.0 cm³/mol. The van der Waals surface area contributed by atoms with Gasteiger partial charge in [0.25, 0.3) is 5.91 Å². The van der Waals surface area contributed by atoms with Gasteiger partial charge in [-0.05, 0) is 35.9 Å². The SMILES string of the molecule is NC(=O)C(OC(=O)/C=C/c1cc(Cl)c2c(c1)OCO2)c1ccc(F)cc1. The monoisotopic (exact) mass is 377 g/mol. The highest BCUT2D eigenvalue weighted by Crippen LogP contribution is 2.40. The maximum absolute atomic E-state index is 13.0. The summed E-state index contributed by atoms with van der Waals surface area (Å²) in [6.07, 6.45) is 1.24. The molecule has 1 amide bonds. The number of primary amides is 1. The van der Waals surface area contributed by atoms with Gasteiger partial charge in [0.2, 0.25) is 12.9 Å². The summed E-state index contributed by atoms with van der Waals surface area (Å²) in [5.41, 5.74) is 6.11. The van der Waals surface area contributed by atoms with Gasteiger partial charge >= 0.3 is 5.97 Å². The van der Waals surface area contributed by atoms with E-state index in [4.69, 9.17) is 31.5 Å². The molecule has 0 saturated heterocycles. The van der Waals surface area contributed by atoms with Crippen molar-refractivity contribution in [3.63, 3.8) is 0 Å². The zero-order chi connectivity index (χ0) is 18.7. The number of halogens is 2. The normalized spacial score (nSPS) is 13.6. The third kappa shape index (κ3) is 3.94. The molecule has 2 aromatic rings. The molecule has 0 aromatic heterocycles. The van der Waals surface area contributed by atoms with E-state index in [1.807, 2.05) is 0 Å². The number of hydrogen-bond acceptors (Lipinski definition) is 5. The molecule has 0 radical (unpaired) electrons. The Labute approximate surface area is 152 Å². The van der Waals surface area contributed by atoms with Crippen LogP contribution in [0.2, 0.25) is 5.02 Å². The topological polar surface area (TPSA) is 87.9 Å². The number of nitrogens with two attached hydrogens (primary N) is 1. The molecular weight excluding hydrogens is 365 g/mol. The summed E-state index contributed by atoms with van der Waals surface area (Å²) in [5.74, 6) is -1.25. The molecule has 1 atom stereocenters. The number of benzene rings is 2. The van der Waals surface area contributed by atoms with Crippen LogP contribution in [0.1, 0.15) is 17.2 Å². The molecule has 0 fully saturated rings. The van der Waals surface area contributed by atoms with E-state index in [2.05, 4.69) is 0 Å². The van der Waals surface area contributed by atoms with Crippen LogP contribution in [0, 0.1) is 5.82 Å². The van der Waals surface area contributed by atoms with Crippen LogP contribution in [0.15, 0.2) is 42.5 Å². The van der Waals surface area contributed by atoms with Crippen LogP contribution >= 0.6 is 11.6 Å². The number of carbonyl (C=O) groups is 2. The fraction of sp³-hybridized carbons (Fsp3) is 0.111. The standard InChI is InChI=1S/C18H13ClFNO5/c19-13-7-10(8-14-17(13)25-9-24-14)1-6-15(22)26-16(18(21)23)11-2-4-12(20)5-3-11/h1-8,16H,9H2,(H2,21,23)/b6-1+. The maximum atomic E-state index is 13.0. The number of carbonyl (C=O) groups excluding carboxylic acids is 2. The number of hydrogen-bond donors (Lipinski definition) is 1. The fourth-order valence-corrected chi connectivity index (χ4v) is 2.60. The summed E-state index contributed by atoms with van der Waals surface area (Å²) < 4.78 is 28.5. The molecule has 134 valence electrons. The van der Waals surface area contributed by atoms with Gasteiger partial charge in [0, 0.05) is 11.6 Å². The Balaban J connectivity index is 1.72. The first-order valence-corrected chi connectivity index (χ1v) is 7.84. The molecule has 3 rings (SSSR count).